The second-order valence-corrected chi connectivity index (χ2v) is 11.7. The number of amides is 4. The average Bonchev–Trinajstić information content (AvgIpc) is 2.97. The quantitative estimate of drug-likeness (QED) is 0.277. The minimum absolute atomic E-state index is 0.0207. The van der Waals surface area contributed by atoms with Crippen LogP contribution in [0.25, 0.3) is 0 Å². The average molecular weight is 625 g/mol. The Morgan fingerprint density at radius 1 is 0.386 bits per heavy atom. The van der Waals surface area contributed by atoms with E-state index in [1.54, 1.807) is 29.4 Å². The summed E-state index contributed by atoms with van der Waals surface area (Å²) in [6.45, 7) is 9.74. The van der Waals surface area contributed by atoms with Crippen LogP contribution in [0.2, 0.25) is 0 Å². The number of carbonyl (C=O) groups excluding carboxylic acids is 4. The Hall–Kier alpha value is -3.34. The van der Waals surface area contributed by atoms with Gasteiger partial charge in [-0.2, -0.15) is 0 Å². The van der Waals surface area contributed by atoms with Crippen LogP contribution < -0.4 is 0 Å². The van der Waals surface area contributed by atoms with Gasteiger partial charge in [-0.1, -0.05) is 0 Å². The van der Waals surface area contributed by atoms with Gasteiger partial charge in [0.05, 0.1) is 26.2 Å². The SMILES string of the molecule is CC(=O)N1CCN(C(=O)CN2CCN(CC(=O)O)CCN(CC(=O)N3CCN(C(C)=O)CC3)CCN(CC(=O)O)CC2)CC1. The molecule has 0 radical (unpaired) electrons. The molecule has 3 rings (SSSR count). The van der Waals surface area contributed by atoms with Gasteiger partial charge in [-0.05, 0) is 0 Å². The molecule has 0 aromatic heterocycles. The lowest BCUT2D eigenvalue weighted by Crippen LogP contribution is -2.54. The number of hydrogen-bond donors (Lipinski definition) is 2. The van der Waals surface area contributed by atoms with Crippen LogP contribution in [0, 0.1) is 0 Å². The molecule has 0 aromatic carbocycles. The molecule has 3 saturated heterocycles. The Labute approximate surface area is 258 Å². The maximum atomic E-state index is 13.2. The molecule has 2 N–H and O–H groups in total. The topological polar surface area (TPSA) is 169 Å². The van der Waals surface area contributed by atoms with E-state index in [1.165, 1.54) is 13.8 Å². The standard InChI is InChI=1S/C28H48N8O8/c1-23(37)33-11-15-35(16-12-33)25(39)19-29-3-7-31(21-27(41)42)9-5-30(6-10-32(8-4-29)22-28(43)44)20-26(40)36-17-13-34(14-18-36)24(2)38/h3-22H2,1-2H3,(H,41,42)(H,43,44). The molecular formula is C28H48N8O8. The van der Waals surface area contributed by atoms with Gasteiger partial charge in [-0.15, -0.1) is 0 Å². The zero-order valence-corrected chi connectivity index (χ0v) is 26.1. The van der Waals surface area contributed by atoms with E-state index < -0.39 is 11.9 Å². The van der Waals surface area contributed by atoms with E-state index in [0.29, 0.717) is 105 Å². The second kappa shape index (κ2) is 17.2. The van der Waals surface area contributed by atoms with Crippen molar-refractivity contribution in [2.75, 3.05) is 131 Å². The highest BCUT2D eigenvalue weighted by Crippen LogP contribution is 2.08. The molecule has 0 atom stereocenters. The third-order valence-electron chi connectivity index (χ3n) is 8.52. The molecule has 0 aliphatic carbocycles. The monoisotopic (exact) mass is 624 g/mol. The molecule has 3 aliphatic heterocycles. The van der Waals surface area contributed by atoms with Crippen molar-refractivity contribution >= 4 is 35.6 Å². The first-order valence-corrected chi connectivity index (χ1v) is 15.3. The highest BCUT2D eigenvalue weighted by atomic mass is 16.4. The van der Waals surface area contributed by atoms with E-state index in [1.807, 2.05) is 9.80 Å². The minimum Gasteiger partial charge on any atom is -0.480 e. The van der Waals surface area contributed by atoms with Crippen LogP contribution in [0.5, 0.6) is 0 Å². The van der Waals surface area contributed by atoms with Crippen molar-refractivity contribution in [3.8, 4) is 0 Å². The summed E-state index contributed by atoms with van der Waals surface area (Å²) in [7, 11) is 0. The molecule has 0 bridgehead atoms. The molecular weight excluding hydrogens is 576 g/mol. The van der Waals surface area contributed by atoms with Crippen molar-refractivity contribution in [3.05, 3.63) is 0 Å². The fraction of sp³-hybridized carbons (Fsp3) is 0.786. The van der Waals surface area contributed by atoms with Crippen LogP contribution in [-0.4, -0.2) is 216 Å². The van der Waals surface area contributed by atoms with E-state index in [-0.39, 0.29) is 49.8 Å². The van der Waals surface area contributed by atoms with Crippen molar-refractivity contribution in [1.82, 2.24) is 39.2 Å². The van der Waals surface area contributed by atoms with Gasteiger partial charge in [0, 0.05) is 119 Å². The smallest absolute Gasteiger partial charge is 0.317 e. The van der Waals surface area contributed by atoms with E-state index in [0.717, 1.165) is 0 Å². The van der Waals surface area contributed by atoms with Gasteiger partial charge in [-0.25, -0.2) is 0 Å². The predicted octanol–water partition coefficient (Wildman–Crippen LogP) is -3.24. The maximum Gasteiger partial charge on any atom is 0.317 e. The summed E-state index contributed by atoms with van der Waals surface area (Å²) in [5, 5.41) is 19.1. The number of rotatable bonds is 8. The van der Waals surface area contributed by atoms with Crippen LogP contribution in [0.1, 0.15) is 13.8 Å². The molecule has 0 saturated carbocycles. The Kier molecular flexibility index (Phi) is 13.8. The summed E-state index contributed by atoms with van der Waals surface area (Å²) >= 11 is 0. The lowest BCUT2D eigenvalue weighted by molar-refractivity contribution is -0.140. The molecule has 0 spiro atoms. The summed E-state index contributed by atoms with van der Waals surface area (Å²) in [4.78, 5) is 87.3. The molecule has 3 fully saturated rings. The van der Waals surface area contributed by atoms with Crippen molar-refractivity contribution in [2.24, 2.45) is 0 Å². The van der Waals surface area contributed by atoms with Gasteiger partial charge in [0.1, 0.15) is 0 Å². The molecule has 0 unspecified atom stereocenters. The number of carboxylic acid groups (broad SMARTS) is 2. The highest BCUT2D eigenvalue weighted by Gasteiger charge is 2.27. The number of nitrogens with zero attached hydrogens (tertiary/aromatic N) is 8. The van der Waals surface area contributed by atoms with Crippen LogP contribution in [0.15, 0.2) is 0 Å². The number of aliphatic carboxylic acids is 2. The molecule has 44 heavy (non-hydrogen) atoms. The third-order valence-corrected chi connectivity index (χ3v) is 8.52. The molecule has 3 aliphatic rings. The van der Waals surface area contributed by atoms with Crippen molar-refractivity contribution in [3.63, 3.8) is 0 Å². The Bertz CT molecular complexity index is 933. The number of carbonyl (C=O) groups is 6. The number of hydrogen-bond acceptors (Lipinski definition) is 10. The Morgan fingerprint density at radius 3 is 0.841 bits per heavy atom. The summed E-state index contributed by atoms with van der Waals surface area (Å²) in [6, 6.07) is 0. The van der Waals surface area contributed by atoms with E-state index in [2.05, 4.69) is 0 Å². The molecule has 248 valence electrons. The van der Waals surface area contributed by atoms with Crippen LogP contribution in [0.3, 0.4) is 0 Å². The predicted molar refractivity (Wildman–Crippen MR) is 159 cm³/mol. The van der Waals surface area contributed by atoms with Crippen molar-refractivity contribution in [2.45, 2.75) is 13.8 Å². The molecule has 16 nitrogen and oxygen atoms in total. The first-order chi connectivity index (χ1) is 20.9. The summed E-state index contributed by atoms with van der Waals surface area (Å²) in [5.41, 5.74) is 0. The number of carboxylic acids is 2. The second-order valence-electron chi connectivity index (χ2n) is 11.7. The lowest BCUT2D eigenvalue weighted by atomic mass is 10.2. The first-order valence-electron chi connectivity index (χ1n) is 15.3. The first kappa shape index (κ1) is 35.1. The van der Waals surface area contributed by atoms with Crippen LogP contribution >= 0.6 is 0 Å². The molecule has 3 heterocycles. The summed E-state index contributed by atoms with van der Waals surface area (Å²) in [5.74, 6) is -2.14. The molecule has 4 amide bonds. The fourth-order valence-electron chi connectivity index (χ4n) is 5.72. The zero-order valence-electron chi connectivity index (χ0n) is 26.1. The van der Waals surface area contributed by atoms with Gasteiger partial charge >= 0.3 is 11.9 Å². The zero-order chi connectivity index (χ0) is 32.2. The lowest BCUT2D eigenvalue weighted by Gasteiger charge is -2.37. The number of piperazine rings is 2. The van der Waals surface area contributed by atoms with Gasteiger partial charge < -0.3 is 29.8 Å². The Morgan fingerprint density at radius 2 is 0.614 bits per heavy atom. The van der Waals surface area contributed by atoms with E-state index in [9.17, 15) is 39.0 Å². The maximum absolute atomic E-state index is 13.2. The molecule has 16 heteroatoms. The van der Waals surface area contributed by atoms with Gasteiger partial charge in [0.25, 0.3) is 0 Å². The van der Waals surface area contributed by atoms with E-state index >= 15 is 0 Å². The van der Waals surface area contributed by atoms with Crippen molar-refractivity contribution in [1.29, 1.82) is 0 Å². The molecule has 0 aromatic rings. The Balaban J connectivity index is 1.65. The van der Waals surface area contributed by atoms with Crippen molar-refractivity contribution < 1.29 is 39.0 Å². The largest absolute Gasteiger partial charge is 0.480 e. The normalized spacial score (nSPS) is 21.0. The highest BCUT2D eigenvalue weighted by molar-refractivity contribution is 5.80. The summed E-state index contributed by atoms with van der Waals surface area (Å²) < 4.78 is 0. The summed E-state index contributed by atoms with van der Waals surface area (Å²) in [6.07, 6.45) is 0. The van der Waals surface area contributed by atoms with Gasteiger partial charge in [0.2, 0.25) is 23.6 Å². The van der Waals surface area contributed by atoms with Gasteiger partial charge in [0.15, 0.2) is 0 Å². The fourth-order valence-corrected chi connectivity index (χ4v) is 5.72. The van der Waals surface area contributed by atoms with Gasteiger partial charge in [-0.3, -0.25) is 48.4 Å². The third kappa shape index (κ3) is 11.6. The van der Waals surface area contributed by atoms with Crippen LogP contribution in [0.4, 0.5) is 0 Å². The van der Waals surface area contributed by atoms with Crippen LogP contribution in [-0.2, 0) is 28.8 Å². The minimum atomic E-state index is -0.971. The van der Waals surface area contributed by atoms with E-state index in [4.69, 9.17) is 0 Å².